The number of nitrogens with one attached hydrogen (secondary N) is 1. The first kappa shape index (κ1) is 24.0. The van der Waals surface area contributed by atoms with E-state index in [-0.39, 0.29) is 5.91 Å². The molecule has 0 aliphatic carbocycles. The highest BCUT2D eigenvalue weighted by Gasteiger charge is 2.19. The lowest BCUT2D eigenvalue weighted by molar-refractivity contribution is -0.111. The van der Waals surface area contributed by atoms with Gasteiger partial charge in [-0.15, -0.1) is 0 Å². The van der Waals surface area contributed by atoms with Crippen LogP contribution in [0.1, 0.15) is 18.1 Å². The van der Waals surface area contributed by atoms with Crippen molar-refractivity contribution >= 4 is 33.8 Å². The molecule has 0 fully saturated rings. The number of amides is 1. The van der Waals surface area contributed by atoms with Crippen molar-refractivity contribution in [3.05, 3.63) is 78.1 Å². The zero-order chi connectivity index (χ0) is 25.1. The van der Waals surface area contributed by atoms with Gasteiger partial charge in [-0.25, -0.2) is 0 Å². The lowest BCUT2D eigenvalue weighted by Gasteiger charge is -2.14. The van der Waals surface area contributed by atoms with Gasteiger partial charge in [0.25, 0.3) is 0 Å². The molecule has 0 atom stereocenters. The van der Waals surface area contributed by atoms with Crippen molar-refractivity contribution in [1.29, 1.82) is 0 Å². The molecule has 6 nitrogen and oxygen atoms in total. The van der Waals surface area contributed by atoms with Gasteiger partial charge in [0.15, 0.2) is 0 Å². The SMILES string of the molecule is COc1cccc(-c2coc3c(C)c(OC)c(/C(C)=C/C(=O)Nc4ccc(N(C)C)cc4)cc23)c1. The predicted molar refractivity (Wildman–Crippen MR) is 143 cm³/mol. The van der Waals surface area contributed by atoms with Crippen LogP contribution in [-0.4, -0.2) is 34.2 Å². The van der Waals surface area contributed by atoms with E-state index < -0.39 is 0 Å². The highest BCUT2D eigenvalue weighted by Crippen LogP contribution is 2.41. The summed E-state index contributed by atoms with van der Waals surface area (Å²) in [6.45, 7) is 3.87. The van der Waals surface area contributed by atoms with Gasteiger partial charge in [0.1, 0.15) is 17.1 Å². The number of benzene rings is 3. The van der Waals surface area contributed by atoms with Gasteiger partial charge in [0, 0.05) is 53.6 Å². The third-order valence-electron chi connectivity index (χ3n) is 6.05. The van der Waals surface area contributed by atoms with Crippen molar-refractivity contribution in [2.45, 2.75) is 13.8 Å². The molecular weight excluding hydrogens is 440 g/mol. The standard InChI is InChI=1S/C29H30N2O4/c1-18(14-27(32)30-21-10-12-22(13-11-21)31(3)4)24-16-25-26(20-8-7-9-23(15-20)33-5)17-35-29(25)19(2)28(24)34-6/h7-17H,1-6H3,(H,30,32)/b18-14+. The van der Waals surface area contributed by atoms with Crippen LogP contribution in [0, 0.1) is 6.92 Å². The van der Waals surface area contributed by atoms with Crippen molar-refractivity contribution in [3.63, 3.8) is 0 Å². The van der Waals surface area contributed by atoms with Crippen LogP contribution in [0.4, 0.5) is 11.4 Å². The first-order valence-electron chi connectivity index (χ1n) is 11.3. The fourth-order valence-corrected chi connectivity index (χ4v) is 4.18. The second kappa shape index (κ2) is 9.97. The molecule has 0 bridgehead atoms. The van der Waals surface area contributed by atoms with Gasteiger partial charge in [-0.2, -0.15) is 0 Å². The second-order valence-electron chi connectivity index (χ2n) is 8.60. The fourth-order valence-electron chi connectivity index (χ4n) is 4.18. The quantitative estimate of drug-likeness (QED) is 0.311. The molecule has 6 heteroatoms. The Morgan fingerprint density at radius 3 is 2.43 bits per heavy atom. The van der Waals surface area contributed by atoms with Crippen molar-refractivity contribution in [3.8, 4) is 22.6 Å². The maximum atomic E-state index is 12.8. The fraction of sp³-hybridized carbons (Fsp3) is 0.207. The molecule has 1 amide bonds. The Balaban J connectivity index is 1.71. The van der Waals surface area contributed by atoms with Crippen LogP contribution in [0.25, 0.3) is 27.7 Å². The number of carbonyl (C=O) groups excluding carboxylic acids is 1. The summed E-state index contributed by atoms with van der Waals surface area (Å²) in [4.78, 5) is 14.8. The number of anilines is 2. The molecule has 0 unspecified atom stereocenters. The molecule has 1 N–H and O–H groups in total. The van der Waals surface area contributed by atoms with Crippen LogP contribution in [-0.2, 0) is 4.79 Å². The van der Waals surface area contributed by atoms with Crippen molar-refractivity contribution in [2.24, 2.45) is 0 Å². The van der Waals surface area contributed by atoms with Gasteiger partial charge >= 0.3 is 0 Å². The zero-order valence-corrected chi connectivity index (χ0v) is 20.9. The van der Waals surface area contributed by atoms with Crippen LogP contribution in [0.3, 0.4) is 0 Å². The number of hydrogen-bond acceptors (Lipinski definition) is 5. The minimum absolute atomic E-state index is 0.208. The van der Waals surface area contributed by atoms with Crippen LogP contribution < -0.4 is 19.7 Å². The number of fused-ring (bicyclic) bond motifs is 1. The van der Waals surface area contributed by atoms with Gasteiger partial charge in [-0.3, -0.25) is 4.79 Å². The monoisotopic (exact) mass is 470 g/mol. The number of hydrogen-bond donors (Lipinski definition) is 1. The molecule has 4 rings (SSSR count). The molecule has 0 saturated heterocycles. The summed E-state index contributed by atoms with van der Waals surface area (Å²) in [6, 6.07) is 17.6. The number of aryl methyl sites for hydroxylation is 1. The van der Waals surface area contributed by atoms with Gasteiger partial charge in [0.05, 0.1) is 20.5 Å². The smallest absolute Gasteiger partial charge is 0.248 e. The molecule has 1 aromatic heterocycles. The molecule has 180 valence electrons. The summed E-state index contributed by atoms with van der Waals surface area (Å²) in [7, 11) is 7.23. The molecule has 4 aromatic rings. The van der Waals surface area contributed by atoms with E-state index in [4.69, 9.17) is 13.9 Å². The molecule has 0 spiro atoms. The lowest BCUT2D eigenvalue weighted by atomic mass is 9.96. The van der Waals surface area contributed by atoms with Crippen LogP contribution in [0.5, 0.6) is 11.5 Å². The lowest BCUT2D eigenvalue weighted by Crippen LogP contribution is -2.10. The Kier molecular flexibility index (Phi) is 6.82. The zero-order valence-electron chi connectivity index (χ0n) is 20.9. The molecular formula is C29H30N2O4. The number of allylic oxidation sites excluding steroid dienone is 1. The van der Waals surface area contributed by atoms with E-state index in [1.54, 1.807) is 26.6 Å². The van der Waals surface area contributed by atoms with Crippen LogP contribution in [0.15, 0.2) is 71.4 Å². The molecule has 0 radical (unpaired) electrons. The normalized spacial score (nSPS) is 11.4. The summed E-state index contributed by atoms with van der Waals surface area (Å²) in [5, 5.41) is 3.88. The Morgan fingerprint density at radius 1 is 1.03 bits per heavy atom. The van der Waals surface area contributed by atoms with E-state index in [2.05, 4.69) is 5.32 Å². The number of rotatable bonds is 7. The maximum absolute atomic E-state index is 12.8. The van der Waals surface area contributed by atoms with E-state index in [9.17, 15) is 4.79 Å². The van der Waals surface area contributed by atoms with Gasteiger partial charge in [-0.1, -0.05) is 12.1 Å². The second-order valence-corrected chi connectivity index (χ2v) is 8.60. The largest absolute Gasteiger partial charge is 0.497 e. The molecule has 0 aliphatic rings. The topological polar surface area (TPSA) is 63.9 Å². The maximum Gasteiger partial charge on any atom is 0.248 e. The summed E-state index contributed by atoms with van der Waals surface area (Å²) in [5.41, 5.74) is 6.98. The number of carbonyl (C=O) groups is 1. The minimum Gasteiger partial charge on any atom is -0.497 e. The summed E-state index contributed by atoms with van der Waals surface area (Å²) < 4.78 is 17.1. The van der Waals surface area contributed by atoms with Crippen molar-refractivity contribution < 1.29 is 18.7 Å². The minimum atomic E-state index is -0.208. The Labute approximate surface area is 205 Å². The van der Waals surface area contributed by atoms with Crippen molar-refractivity contribution in [2.75, 3.05) is 38.5 Å². The number of ether oxygens (including phenoxy) is 2. The highest BCUT2D eigenvalue weighted by molar-refractivity contribution is 6.06. The third-order valence-corrected chi connectivity index (χ3v) is 6.05. The summed E-state index contributed by atoms with van der Waals surface area (Å²) >= 11 is 0. The molecule has 0 saturated carbocycles. The predicted octanol–water partition coefficient (Wildman–Crippen LogP) is 6.53. The number of nitrogens with zero attached hydrogens (tertiary/aromatic N) is 1. The van der Waals surface area contributed by atoms with Gasteiger partial charge in [-0.05, 0) is 67.4 Å². The number of methoxy groups -OCH3 is 2. The average molecular weight is 471 g/mol. The van der Waals surface area contributed by atoms with Crippen LogP contribution >= 0.6 is 0 Å². The van der Waals surface area contributed by atoms with E-state index in [1.165, 1.54) is 0 Å². The van der Waals surface area contributed by atoms with Crippen LogP contribution in [0.2, 0.25) is 0 Å². The Hall–Kier alpha value is -4.19. The summed E-state index contributed by atoms with van der Waals surface area (Å²) in [5.74, 6) is 1.25. The number of furan rings is 1. The average Bonchev–Trinajstić information content (AvgIpc) is 3.28. The molecule has 3 aromatic carbocycles. The Bertz CT molecular complexity index is 1400. The first-order chi connectivity index (χ1) is 16.8. The first-order valence-corrected chi connectivity index (χ1v) is 11.3. The van der Waals surface area contributed by atoms with E-state index >= 15 is 0 Å². The van der Waals surface area contributed by atoms with Gasteiger partial charge < -0.3 is 24.1 Å². The third kappa shape index (κ3) is 4.87. The van der Waals surface area contributed by atoms with E-state index in [0.29, 0.717) is 5.75 Å². The van der Waals surface area contributed by atoms with E-state index in [1.807, 2.05) is 87.4 Å². The van der Waals surface area contributed by atoms with Gasteiger partial charge in [0.2, 0.25) is 5.91 Å². The summed E-state index contributed by atoms with van der Waals surface area (Å²) in [6.07, 6.45) is 3.34. The van der Waals surface area contributed by atoms with E-state index in [0.717, 1.165) is 55.9 Å². The Morgan fingerprint density at radius 2 is 1.77 bits per heavy atom. The molecule has 1 heterocycles. The molecule has 0 aliphatic heterocycles. The molecule has 35 heavy (non-hydrogen) atoms. The van der Waals surface area contributed by atoms with Crippen molar-refractivity contribution in [1.82, 2.24) is 0 Å². The highest BCUT2D eigenvalue weighted by atomic mass is 16.5.